The highest BCUT2D eigenvalue weighted by molar-refractivity contribution is 5.99. The zero-order chi connectivity index (χ0) is 36.5. The van der Waals surface area contributed by atoms with Gasteiger partial charge < -0.3 is 35.1 Å². The third-order valence-corrected chi connectivity index (χ3v) is 8.14. The number of benzene rings is 2. The summed E-state index contributed by atoms with van der Waals surface area (Å²) < 4.78 is 16.1. The molecule has 0 fully saturated rings. The van der Waals surface area contributed by atoms with E-state index in [1.54, 1.807) is 77.1 Å². The van der Waals surface area contributed by atoms with Crippen LogP contribution in [0.4, 0.5) is 10.5 Å². The van der Waals surface area contributed by atoms with Gasteiger partial charge in [0.05, 0.1) is 7.11 Å². The Morgan fingerprint density at radius 1 is 0.939 bits per heavy atom. The van der Waals surface area contributed by atoms with Crippen molar-refractivity contribution in [3.05, 3.63) is 53.6 Å². The van der Waals surface area contributed by atoms with E-state index in [-0.39, 0.29) is 24.8 Å². The van der Waals surface area contributed by atoms with Crippen LogP contribution < -0.4 is 30.9 Å². The smallest absolute Gasteiger partial charge is 0.408 e. The second kappa shape index (κ2) is 17.0. The molecule has 1 aliphatic rings. The summed E-state index contributed by atoms with van der Waals surface area (Å²) in [5.74, 6) is -1.94. The van der Waals surface area contributed by atoms with Crippen LogP contribution in [0.1, 0.15) is 66.0 Å². The number of fused-ring (bicyclic) bond motifs is 1. The molecule has 49 heavy (non-hydrogen) atoms. The van der Waals surface area contributed by atoms with Crippen LogP contribution in [0.25, 0.3) is 0 Å². The Hall–Kier alpha value is -4.85. The second-order valence-corrected chi connectivity index (χ2v) is 13.4. The van der Waals surface area contributed by atoms with Gasteiger partial charge in [-0.05, 0) is 80.1 Å². The summed E-state index contributed by atoms with van der Waals surface area (Å²) in [5.41, 5.74) is 2.72. The summed E-state index contributed by atoms with van der Waals surface area (Å²) in [6.07, 6.45) is -0.0676. The van der Waals surface area contributed by atoms with E-state index in [1.807, 2.05) is 13.8 Å². The number of amides is 5. The van der Waals surface area contributed by atoms with Crippen molar-refractivity contribution in [3.8, 4) is 11.5 Å². The number of anilines is 1. The fourth-order valence-corrected chi connectivity index (χ4v) is 5.27. The van der Waals surface area contributed by atoms with E-state index in [0.29, 0.717) is 29.2 Å². The number of hydrogen-bond acceptors (Lipinski definition) is 9. The standard InChI is InChI=1S/C35H49N5O9/c1-9-21(4)30(37-32(43)29(20(2)3)38-34(45)49-35(5,6)7)33(44)40-18-23-16-26(48-19-28(41)39-46)13-10-22(23)17-27(40)31(42)36-24-11-14-25(47-8)15-12-24/h10-16,20-21,27,29-30,46H,9,17-19H2,1-8H3,(H,36,42)(H,37,43)(H,38,45)(H,39,41)/t21-,27-,29-,30-/m0/s1. The first kappa shape index (κ1) is 38.6. The molecule has 0 radical (unpaired) electrons. The van der Waals surface area contributed by atoms with E-state index in [0.717, 1.165) is 5.56 Å². The number of rotatable bonds is 13. The zero-order valence-corrected chi connectivity index (χ0v) is 29.4. The van der Waals surface area contributed by atoms with Crippen molar-refractivity contribution >= 4 is 35.4 Å². The van der Waals surface area contributed by atoms with Gasteiger partial charge in [0.1, 0.15) is 35.2 Å². The molecule has 14 heteroatoms. The van der Waals surface area contributed by atoms with Gasteiger partial charge in [-0.25, -0.2) is 10.3 Å². The average Bonchev–Trinajstić information content (AvgIpc) is 3.06. The van der Waals surface area contributed by atoms with Gasteiger partial charge in [0.25, 0.3) is 5.91 Å². The Bertz CT molecular complexity index is 1490. The van der Waals surface area contributed by atoms with Crippen molar-refractivity contribution in [2.75, 3.05) is 19.0 Å². The largest absolute Gasteiger partial charge is 0.497 e. The van der Waals surface area contributed by atoms with Gasteiger partial charge in [0.15, 0.2) is 6.61 Å². The van der Waals surface area contributed by atoms with Crippen molar-refractivity contribution in [1.82, 2.24) is 21.0 Å². The van der Waals surface area contributed by atoms with Gasteiger partial charge >= 0.3 is 6.09 Å². The van der Waals surface area contributed by atoms with Crippen LogP contribution in [0.2, 0.25) is 0 Å². The van der Waals surface area contributed by atoms with Crippen molar-refractivity contribution in [1.29, 1.82) is 0 Å². The monoisotopic (exact) mass is 683 g/mol. The zero-order valence-electron chi connectivity index (χ0n) is 29.4. The van der Waals surface area contributed by atoms with E-state index in [2.05, 4.69) is 16.0 Å². The summed E-state index contributed by atoms with van der Waals surface area (Å²) in [6.45, 7) is 12.0. The summed E-state index contributed by atoms with van der Waals surface area (Å²) in [7, 11) is 1.54. The van der Waals surface area contributed by atoms with E-state index in [9.17, 15) is 24.0 Å². The number of carbonyl (C=O) groups is 5. The molecule has 1 heterocycles. The van der Waals surface area contributed by atoms with E-state index >= 15 is 0 Å². The minimum atomic E-state index is -1.04. The van der Waals surface area contributed by atoms with Crippen LogP contribution in [0.15, 0.2) is 42.5 Å². The molecule has 4 atom stereocenters. The number of nitrogens with one attached hydrogen (secondary N) is 4. The number of ether oxygens (including phenoxy) is 3. The number of hydrogen-bond donors (Lipinski definition) is 5. The molecule has 2 aromatic rings. The molecule has 3 rings (SSSR count). The molecule has 0 unspecified atom stereocenters. The van der Waals surface area contributed by atoms with Crippen LogP contribution in [-0.2, 0) is 36.9 Å². The molecular weight excluding hydrogens is 634 g/mol. The molecular formula is C35H49N5O9. The minimum absolute atomic E-state index is 0.00480. The molecule has 0 aromatic heterocycles. The molecule has 268 valence electrons. The SMILES string of the molecule is CC[C@H](C)[C@H](NC(=O)[C@@H](NC(=O)OC(C)(C)C)C(C)C)C(=O)N1Cc2cc(OCC(=O)NO)ccc2C[C@H]1C(=O)Nc1ccc(OC)cc1. The summed E-state index contributed by atoms with van der Waals surface area (Å²) in [4.78, 5) is 67.7. The van der Waals surface area contributed by atoms with Crippen molar-refractivity contribution < 1.29 is 43.4 Å². The highest BCUT2D eigenvalue weighted by Crippen LogP contribution is 2.30. The highest BCUT2D eigenvalue weighted by atomic mass is 16.6. The van der Waals surface area contributed by atoms with E-state index in [4.69, 9.17) is 19.4 Å². The number of alkyl carbamates (subject to hydrolysis) is 1. The van der Waals surface area contributed by atoms with Crippen LogP contribution in [0.3, 0.4) is 0 Å². The first-order chi connectivity index (χ1) is 23.1. The summed E-state index contributed by atoms with van der Waals surface area (Å²) >= 11 is 0. The average molecular weight is 684 g/mol. The molecule has 0 bridgehead atoms. The lowest BCUT2D eigenvalue weighted by Gasteiger charge is -2.39. The Kier molecular flexibility index (Phi) is 13.4. The molecule has 0 saturated carbocycles. The molecule has 0 spiro atoms. The molecule has 14 nitrogen and oxygen atoms in total. The summed E-state index contributed by atoms with van der Waals surface area (Å²) in [5, 5.41) is 17.2. The lowest BCUT2D eigenvalue weighted by molar-refractivity contribution is -0.144. The number of carbonyl (C=O) groups excluding carboxylic acids is 5. The lowest BCUT2D eigenvalue weighted by atomic mass is 9.90. The van der Waals surface area contributed by atoms with Gasteiger partial charge in [-0.15, -0.1) is 0 Å². The van der Waals surface area contributed by atoms with E-state index in [1.165, 1.54) is 17.5 Å². The maximum atomic E-state index is 14.5. The molecule has 5 N–H and O–H groups in total. The maximum Gasteiger partial charge on any atom is 0.408 e. The predicted octanol–water partition coefficient (Wildman–Crippen LogP) is 3.55. The highest BCUT2D eigenvalue weighted by Gasteiger charge is 2.41. The Morgan fingerprint density at radius 2 is 1.59 bits per heavy atom. The topological polar surface area (TPSA) is 185 Å². The second-order valence-electron chi connectivity index (χ2n) is 13.4. The van der Waals surface area contributed by atoms with Crippen LogP contribution in [0, 0.1) is 11.8 Å². The van der Waals surface area contributed by atoms with Crippen LogP contribution in [-0.4, -0.2) is 77.3 Å². The summed E-state index contributed by atoms with van der Waals surface area (Å²) in [6, 6.07) is 8.90. The molecule has 0 saturated heterocycles. The van der Waals surface area contributed by atoms with Gasteiger partial charge in [-0.2, -0.15) is 0 Å². The lowest BCUT2D eigenvalue weighted by Crippen LogP contribution is -2.61. The molecule has 5 amide bonds. The number of nitrogens with zero attached hydrogens (tertiary/aromatic N) is 1. The Morgan fingerprint density at radius 3 is 2.16 bits per heavy atom. The molecule has 2 aromatic carbocycles. The normalized spacial score (nSPS) is 16.0. The first-order valence-corrected chi connectivity index (χ1v) is 16.3. The van der Waals surface area contributed by atoms with Gasteiger partial charge in [0, 0.05) is 18.7 Å². The first-order valence-electron chi connectivity index (χ1n) is 16.3. The minimum Gasteiger partial charge on any atom is -0.497 e. The van der Waals surface area contributed by atoms with Gasteiger partial charge in [0.2, 0.25) is 17.7 Å². The molecule has 1 aliphatic heterocycles. The van der Waals surface area contributed by atoms with Crippen molar-refractivity contribution in [2.24, 2.45) is 11.8 Å². The fourth-order valence-electron chi connectivity index (χ4n) is 5.27. The maximum absolute atomic E-state index is 14.5. The Labute approximate surface area is 287 Å². The predicted molar refractivity (Wildman–Crippen MR) is 181 cm³/mol. The third kappa shape index (κ3) is 10.8. The third-order valence-electron chi connectivity index (χ3n) is 8.14. The van der Waals surface area contributed by atoms with Gasteiger partial charge in [-0.3, -0.25) is 24.4 Å². The van der Waals surface area contributed by atoms with Crippen molar-refractivity contribution in [3.63, 3.8) is 0 Å². The van der Waals surface area contributed by atoms with Crippen molar-refractivity contribution in [2.45, 2.75) is 91.6 Å². The van der Waals surface area contributed by atoms with Crippen LogP contribution in [0.5, 0.6) is 11.5 Å². The quantitative estimate of drug-likeness (QED) is 0.156. The number of methoxy groups -OCH3 is 1. The van der Waals surface area contributed by atoms with Gasteiger partial charge in [-0.1, -0.05) is 40.2 Å². The fraction of sp³-hybridized carbons (Fsp3) is 0.514. The van der Waals surface area contributed by atoms with E-state index < -0.39 is 60.1 Å². The molecule has 0 aliphatic carbocycles. The number of hydroxylamine groups is 1. The van der Waals surface area contributed by atoms with Crippen LogP contribution >= 0.6 is 0 Å². The Balaban J connectivity index is 1.95.